The van der Waals surface area contributed by atoms with E-state index < -0.39 is 91.5 Å². The predicted octanol–water partition coefficient (Wildman–Crippen LogP) is 24.5. The molecular weight excluding hydrogens is 1390 g/mol. The first kappa shape index (κ1) is 102. The van der Waals surface area contributed by atoms with Crippen LogP contribution in [-0.2, 0) is 55.8 Å². The summed E-state index contributed by atoms with van der Waals surface area (Å²) in [5, 5.41) is 20.7. The number of phosphoric ester groups is 2. The fourth-order valence-electron chi connectivity index (χ4n) is 10.4. The van der Waals surface area contributed by atoms with Gasteiger partial charge in [-0.25, -0.2) is 9.13 Å². The highest BCUT2D eigenvalue weighted by molar-refractivity contribution is 7.47. The Morgan fingerprint density at radius 1 is 0.271 bits per heavy atom. The van der Waals surface area contributed by atoms with E-state index in [0.29, 0.717) is 19.3 Å². The quantitative estimate of drug-likeness (QED) is 0.0146. The van der Waals surface area contributed by atoms with Crippen LogP contribution in [0.25, 0.3) is 0 Å². The summed E-state index contributed by atoms with van der Waals surface area (Å²) in [7, 11) is -9.83. The van der Waals surface area contributed by atoms with Crippen LogP contribution < -0.4 is 0 Å². The van der Waals surface area contributed by atoms with Gasteiger partial charge < -0.3 is 34.2 Å². The van der Waals surface area contributed by atoms with Crippen molar-refractivity contribution in [1.29, 1.82) is 0 Å². The molecule has 0 radical (unpaired) electrons. The molecule has 0 amide bonds. The number of ether oxygens (including phenoxy) is 3. The van der Waals surface area contributed by atoms with Crippen molar-refractivity contribution >= 4 is 33.6 Å². The molecule has 107 heavy (non-hydrogen) atoms. The van der Waals surface area contributed by atoms with Gasteiger partial charge in [0.2, 0.25) is 0 Å². The number of rotatable bonds is 76. The number of phosphoric acid groups is 2. The van der Waals surface area contributed by atoms with Gasteiger partial charge in [-0.05, 0) is 161 Å². The molecule has 0 bridgehead atoms. The molecule has 0 aliphatic carbocycles. The summed E-state index contributed by atoms with van der Waals surface area (Å²) in [6.45, 7) is 2.37. The molecule has 5 atom stereocenters. The van der Waals surface area contributed by atoms with Crippen LogP contribution in [0, 0.1) is 0 Å². The maximum atomic E-state index is 13.0. The highest BCUT2D eigenvalue weighted by Gasteiger charge is 2.29. The number of carbonyl (C=O) groups excluding carboxylic acids is 3. The first-order chi connectivity index (χ1) is 52.2. The third kappa shape index (κ3) is 81.5. The van der Waals surface area contributed by atoms with Gasteiger partial charge in [-0.3, -0.25) is 32.5 Å². The van der Waals surface area contributed by atoms with E-state index in [1.807, 2.05) is 0 Å². The van der Waals surface area contributed by atoms with Crippen LogP contribution in [0.5, 0.6) is 0 Å². The lowest BCUT2D eigenvalue weighted by molar-refractivity contribution is -0.161. The summed E-state index contributed by atoms with van der Waals surface area (Å²) in [4.78, 5) is 58.8. The van der Waals surface area contributed by atoms with Gasteiger partial charge in [-0.15, -0.1) is 0 Å². The second kappa shape index (κ2) is 80.2. The zero-order valence-electron chi connectivity index (χ0n) is 66.5. The van der Waals surface area contributed by atoms with Crippen molar-refractivity contribution in [3.8, 4) is 0 Å². The van der Waals surface area contributed by atoms with Crippen LogP contribution in [0.3, 0.4) is 0 Å². The Labute approximate surface area is 649 Å². The van der Waals surface area contributed by atoms with E-state index in [0.717, 1.165) is 193 Å². The molecule has 0 aliphatic rings. The zero-order valence-corrected chi connectivity index (χ0v) is 68.3. The van der Waals surface area contributed by atoms with E-state index in [2.05, 4.69) is 203 Å². The minimum absolute atomic E-state index is 0.0774. The van der Waals surface area contributed by atoms with Gasteiger partial charge in [0, 0.05) is 19.3 Å². The van der Waals surface area contributed by atoms with Gasteiger partial charge in [-0.2, -0.15) is 0 Å². The largest absolute Gasteiger partial charge is 0.472 e. The number of hydrogen-bond donors (Lipinski definition) is 4. The third-order valence-electron chi connectivity index (χ3n) is 16.6. The SMILES string of the molecule is CC/C=C\C/C=C\C/C=C\C/C=C\C/C=C\C/C=C\CCCCCCC(=O)OCC(COP(=O)(O)OCC(O)COP(=O)(O)OCC(O)COC(=O)CCCCCCCCCCC/C=C\C/C=C\C/C=C\C/C=C\CCCCC)OC(=O)CCCCCCCCC/C=C\C/C=C\C/C=C\C/C=C\C/C=C\CC. The van der Waals surface area contributed by atoms with E-state index in [9.17, 15) is 43.5 Å². The summed E-state index contributed by atoms with van der Waals surface area (Å²) in [6, 6.07) is 0. The topological polar surface area (TPSA) is 231 Å². The van der Waals surface area contributed by atoms with E-state index in [4.69, 9.17) is 32.3 Å². The van der Waals surface area contributed by atoms with Gasteiger partial charge in [0.1, 0.15) is 25.4 Å². The summed E-state index contributed by atoms with van der Waals surface area (Å²) in [5.74, 6) is -1.63. The third-order valence-corrected chi connectivity index (χ3v) is 18.5. The van der Waals surface area contributed by atoms with Crippen LogP contribution >= 0.6 is 15.6 Å². The van der Waals surface area contributed by atoms with Gasteiger partial charge in [-0.1, -0.05) is 306 Å². The second-order valence-corrected chi connectivity index (χ2v) is 29.7. The Bertz CT molecular complexity index is 2670. The summed E-state index contributed by atoms with van der Waals surface area (Å²) >= 11 is 0. The molecule has 0 aromatic carbocycles. The molecule has 0 aromatic heterocycles. The molecule has 608 valence electrons. The molecule has 0 aromatic rings. The standard InChI is InChI=1S/C89H146O16P2/c1-4-7-10-13-16-19-22-25-28-31-34-37-40-41-44-46-48-51-54-57-60-63-66-69-72-75-87(92)99-78-84(90)79-101-106(95,96)102-80-85(91)81-103-107(97,98)104-83-86(105-89(94)77-74-71-68-65-62-59-56-53-50-47-43-39-36-33-30-27-24-21-18-15-12-9-6-3)82-100-88(93)76-73-70-67-64-61-58-55-52-49-45-42-38-35-32-29-26-23-20-17-14-11-8-5-2/h8-9,11-12,16-21,25-30,34-39,41,44-45,47,49-50,55,58,84-86,90-91H,4-7,10,13-15,22-24,31-33,40,42-43,46,48,51-54,56-57,59-83H2,1-3H3,(H,95,96)(H,97,98)/b11-8-,12-9-,19-16-,20-17-,21-18-,28-25-,29-26-,30-27-,37-34-,38-35-,39-36-,44-41-,49-45-,50-47-,58-55-. The molecule has 0 saturated heterocycles. The maximum Gasteiger partial charge on any atom is 0.472 e. The summed E-state index contributed by atoms with van der Waals surface area (Å²) in [5.41, 5.74) is 0. The average Bonchev–Trinajstić information content (AvgIpc) is 1.16. The van der Waals surface area contributed by atoms with E-state index in [1.165, 1.54) is 51.4 Å². The molecule has 5 unspecified atom stereocenters. The van der Waals surface area contributed by atoms with Gasteiger partial charge in [0.05, 0.1) is 26.4 Å². The Hall–Kier alpha value is -5.35. The smallest absolute Gasteiger partial charge is 0.463 e. The van der Waals surface area contributed by atoms with E-state index in [-0.39, 0.29) is 19.3 Å². The normalized spacial score (nSPS) is 14.9. The van der Waals surface area contributed by atoms with Crippen molar-refractivity contribution in [3.05, 3.63) is 182 Å². The first-order valence-corrected chi connectivity index (χ1v) is 44.1. The second-order valence-electron chi connectivity index (χ2n) is 26.8. The van der Waals surface area contributed by atoms with Crippen molar-refractivity contribution in [2.75, 3.05) is 39.6 Å². The maximum absolute atomic E-state index is 13.0. The highest BCUT2D eigenvalue weighted by atomic mass is 31.2. The summed E-state index contributed by atoms with van der Waals surface area (Å²) < 4.78 is 61.3. The average molecular weight is 1530 g/mol. The molecule has 0 rings (SSSR count). The first-order valence-electron chi connectivity index (χ1n) is 41.1. The number of aliphatic hydroxyl groups is 2. The van der Waals surface area contributed by atoms with Crippen LogP contribution in [-0.4, -0.2) is 95.9 Å². The van der Waals surface area contributed by atoms with Crippen molar-refractivity contribution in [3.63, 3.8) is 0 Å². The number of aliphatic hydroxyl groups excluding tert-OH is 2. The van der Waals surface area contributed by atoms with Crippen molar-refractivity contribution < 1.29 is 75.8 Å². The fraction of sp³-hybridized carbons (Fsp3) is 0.629. The Kier molecular flexibility index (Phi) is 76.2. The van der Waals surface area contributed by atoms with Crippen LogP contribution in [0.2, 0.25) is 0 Å². The van der Waals surface area contributed by atoms with E-state index in [1.54, 1.807) is 0 Å². The van der Waals surface area contributed by atoms with Gasteiger partial charge in [0.25, 0.3) is 0 Å². The Balaban J connectivity index is 4.75. The molecule has 18 heteroatoms. The van der Waals surface area contributed by atoms with Gasteiger partial charge in [0.15, 0.2) is 6.10 Å². The van der Waals surface area contributed by atoms with Crippen molar-refractivity contribution in [1.82, 2.24) is 0 Å². The highest BCUT2D eigenvalue weighted by Crippen LogP contribution is 2.45. The molecule has 4 N–H and O–H groups in total. The van der Waals surface area contributed by atoms with Crippen molar-refractivity contribution in [2.45, 2.75) is 322 Å². The zero-order chi connectivity index (χ0) is 78.0. The lowest BCUT2D eigenvalue weighted by atomic mass is 10.1. The van der Waals surface area contributed by atoms with E-state index >= 15 is 0 Å². The molecule has 0 heterocycles. The molecule has 16 nitrogen and oxygen atoms in total. The van der Waals surface area contributed by atoms with Crippen molar-refractivity contribution in [2.24, 2.45) is 0 Å². The van der Waals surface area contributed by atoms with Gasteiger partial charge >= 0.3 is 33.6 Å². The molecule has 0 aliphatic heterocycles. The minimum atomic E-state index is -4.95. The minimum Gasteiger partial charge on any atom is -0.463 e. The Morgan fingerprint density at radius 2 is 0.495 bits per heavy atom. The van der Waals surface area contributed by atoms with Crippen LogP contribution in [0.1, 0.15) is 303 Å². The molecule has 0 spiro atoms. The molecule has 0 saturated carbocycles. The number of carbonyl (C=O) groups is 3. The van der Waals surface area contributed by atoms with Crippen LogP contribution in [0.15, 0.2) is 182 Å². The number of hydrogen-bond acceptors (Lipinski definition) is 14. The fourth-order valence-corrected chi connectivity index (χ4v) is 12.0. The number of unbranched alkanes of at least 4 members (excludes halogenated alkanes) is 23. The number of allylic oxidation sites excluding steroid dienone is 30. The predicted molar refractivity (Wildman–Crippen MR) is 445 cm³/mol. The monoisotopic (exact) mass is 1530 g/mol. The summed E-state index contributed by atoms with van der Waals surface area (Å²) in [6.07, 6.45) is 103. The Morgan fingerprint density at radius 3 is 0.785 bits per heavy atom. The lowest BCUT2D eigenvalue weighted by Crippen LogP contribution is -2.30. The lowest BCUT2D eigenvalue weighted by Gasteiger charge is -2.21. The number of esters is 3. The molecular formula is C89H146O16P2. The molecule has 0 fully saturated rings. The van der Waals surface area contributed by atoms with Crippen LogP contribution in [0.4, 0.5) is 0 Å².